The zero-order valence-corrected chi connectivity index (χ0v) is 34.5. The Bertz CT molecular complexity index is 1120. The molecule has 53 heavy (non-hydrogen) atoms. The summed E-state index contributed by atoms with van der Waals surface area (Å²) in [5.41, 5.74) is 3.63. The molecule has 295 valence electrons. The third kappa shape index (κ3) is 21.7. The van der Waals surface area contributed by atoms with Crippen LogP contribution in [0.25, 0.3) is 0 Å². The molecule has 0 aliphatic rings. The summed E-state index contributed by atoms with van der Waals surface area (Å²) in [7, 11) is 0. The van der Waals surface area contributed by atoms with Crippen LogP contribution in [0.2, 0.25) is 0 Å². The molecule has 0 N–H and O–H groups in total. The fraction of sp³-hybridized carbons (Fsp3) is 0.627. The summed E-state index contributed by atoms with van der Waals surface area (Å²) >= 11 is 0. The van der Waals surface area contributed by atoms with Crippen molar-refractivity contribution in [3.8, 4) is 11.5 Å². The van der Waals surface area contributed by atoms with Crippen LogP contribution in [0, 0.1) is 5.92 Å². The Morgan fingerprint density at radius 1 is 0.302 bits per heavy atom. The molecule has 0 aromatic heterocycles. The van der Waals surface area contributed by atoms with Gasteiger partial charge in [-0.2, -0.15) is 0 Å². The standard InChI is InChI=1S/C51H79O2/c1-3-5-7-9-11-13-15-17-19-21-23-25-27-32-44-52-49-40-36-47(37-41-49)51(46-34-30-29-31-35-46)48-38-42-50(43-39-48)53-45-33-28-26-24-22-20-18-16-14-12-10-8-6-4-2/h29-31,34-43H,3-28,32-33,44-45H2,1-2H3. The van der Waals surface area contributed by atoms with Gasteiger partial charge in [-0.25, -0.2) is 0 Å². The van der Waals surface area contributed by atoms with E-state index in [-0.39, 0.29) is 0 Å². The summed E-state index contributed by atoms with van der Waals surface area (Å²) in [4.78, 5) is 0. The Morgan fingerprint density at radius 2 is 0.566 bits per heavy atom. The highest BCUT2D eigenvalue weighted by Gasteiger charge is 2.18. The van der Waals surface area contributed by atoms with Crippen molar-refractivity contribution in [3.05, 3.63) is 101 Å². The maximum atomic E-state index is 6.15. The first-order valence-electron chi connectivity index (χ1n) is 22.7. The smallest absolute Gasteiger partial charge is 0.119 e. The summed E-state index contributed by atoms with van der Waals surface area (Å²) in [6.45, 7) is 6.19. The number of unbranched alkanes of at least 4 members (excludes halogenated alkanes) is 26. The lowest BCUT2D eigenvalue weighted by atomic mass is 9.85. The van der Waals surface area contributed by atoms with Gasteiger partial charge in [-0.1, -0.05) is 235 Å². The van der Waals surface area contributed by atoms with Crippen LogP contribution < -0.4 is 9.47 Å². The van der Waals surface area contributed by atoms with Crippen LogP contribution in [0.15, 0.2) is 78.9 Å². The van der Waals surface area contributed by atoms with E-state index in [1.165, 1.54) is 190 Å². The van der Waals surface area contributed by atoms with Gasteiger partial charge in [0, 0.05) is 0 Å². The van der Waals surface area contributed by atoms with Gasteiger partial charge in [0.2, 0.25) is 0 Å². The maximum Gasteiger partial charge on any atom is 0.119 e. The summed E-state index contributed by atoms with van der Waals surface area (Å²) in [6, 6.07) is 28.1. The molecule has 0 fully saturated rings. The minimum atomic E-state index is 0.799. The van der Waals surface area contributed by atoms with Gasteiger partial charge in [-0.3, -0.25) is 0 Å². The first-order chi connectivity index (χ1) is 26.3. The molecule has 0 unspecified atom stereocenters. The predicted molar refractivity (Wildman–Crippen MR) is 231 cm³/mol. The van der Waals surface area contributed by atoms with E-state index in [1.54, 1.807) is 0 Å². The van der Waals surface area contributed by atoms with Gasteiger partial charge < -0.3 is 9.47 Å². The summed E-state index contributed by atoms with van der Waals surface area (Å²) < 4.78 is 12.3. The number of hydrogen-bond acceptors (Lipinski definition) is 2. The third-order valence-electron chi connectivity index (χ3n) is 10.9. The van der Waals surface area contributed by atoms with Gasteiger partial charge in [-0.15, -0.1) is 0 Å². The van der Waals surface area contributed by atoms with Crippen LogP contribution in [0.1, 0.15) is 210 Å². The molecular formula is C51H79O2. The first-order valence-corrected chi connectivity index (χ1v) is 22.7. The van der Waals surface area contributed by atoms with Crippen molar-refractivity contribution in [1.82, 2.24) is 0 Å². The molecule has 0 amide bonds. The molecule has 0 spiro atoms. The second kappa shape index (κ2) is 31.6. The minimum absolute atomic E-state index is 0.799. The van der Waals surface area contributed by atoms with Gasteiger partial charge in [0.25, 0.3) is 0 Å². The predicted octanol–water partition coefficient (Wildman–Crippen LogP) is 16.4. The quantitative estimate of drug-likeness (QED) is 0.0444. The molecule has 0 atom stereocenters. The average Bonchev–Trinajstić information content (AvgIpc) is 3.19. The van der Waals surface area contributed by atoms with E-state index in [1.807, 2.05) is 0 Å². The fourth-order valence-corrected chi connectivity index (χ4v) is 7.51. The van der Waals surface area contributed by atoms with E-state index in [9.17, 15) is 0 Å². The van der Waals surface area contributed by atoms with Crippen LogP contribution in [0.5, 0.6) is 11.5 Å². The maximum absolute atomic E-state index is 6.15. The van der Waals surface area contributed by atoms with Crippen molar-refractivity contribution in [2.24, 2.45) is 0 Å². The van der Waals surface area contributed by atoms with Crippen molar-refractivity contribution < 1.29 is 9.47 Å². The van der Waals surface area contributed by atoms with E-state index in [0.717, 1.165) is 37.6 Å². The Hall–Kier alpha value is -2.74. The van der Waals surface area contributed by atoms with E-state index in [2.05, 4.69) is 92.7 Å². The fourth-order valence-electron chi connectivity index (χ4n) is 7.51. The Labute approximate surface area is 328 Å². The van der Waals surface area contributed by atoms with Crippen molar-refractivity contribution in [3.63, 3.8) is 0 Å². The van der Waals surface area contributed by atoms with Crippen molar-refractivity contribution in [1.29, 1.82) is 0 Å². The van der Waals surface area contributed by atoms with Crippen molar-refractivity contribution in [2.75, 3.05) is 13.2 Å². The van der Waals surface area contributed by atoms with Gasteiger partial charge >= 0.3 is 0 Å². The van der Waals surface area contributed by atoms with Crippen LogP contribution in [-0.4, -0.2) is 13.2 Å². The molecule has 0 aliphatic carbocycles. The SMILES string of the molecule is CCCCCCCCCCCCCCCCOc1ccc([C](c2ccccc2)c2ccc(OCCCCCCCCCCCCCCCC)cc2)cc1. The molecule has 0 heterocycles. The monoisotopic (exact) mass is 724 g/mol. The van der Waals surface area contributed by atoms with Crippen LogP contribution in [-0.2, 0) is 0 Å². The van der Waals surface area contributed by atoms with E-state index in [0.29, 0.717) is 0 Å². The lowest BCUT2D eigenvalue weighted by Gasteiger charge is -2.19. The van der Waals surface area contributed by atoms with Crippen LogP contribution in [0.4, 0.5) is 0 Å². The van der Waals surface area contributed by atoms with Crippen molar-refractivity contribution in [2.45, 2.75) is 194 Å². The number of rotatable bonds is 35. The second-order valence-electron chi connectivity index (χ2n) is 15.7. The molecule has 0 saturated heterocycles. The number of benzene rings is 3. The Morgan fingerprint density at radius 3 is 0.868 bits per heavy atom. The van der Waals surface area contributed by atoms with Crippen LogP contribution >= 0.6 is 0 Å². The molecule has 2 nitrogen and oxygen atoms in total. The molecule has 0 aliphatic heterocycles. The first kappa shape index (κ1) is 44.7. The summed E-state index contributed by atoms with van der Waals surface area (Å²) in [5, 5.41) is 0. The van der Waals surface area contributed by atoms with Gasteiger partial charge in [0.15, 0.2) is 0 Å². The van der Waals surface area contributed by atoms with Crippen molar-refractivity contribution >= 4 is 0 Å². The molecule has 1 radical (unpaired) electrons. The molecule has 3 aromatic rings. The van der Waals surface area contributed by atoms with Gasteiger partial charge in [0.1, 0.15) is 11.5 Å². The number of hydrogen-bond donors (Lipinski definition) is 0. The lowest BCUT2D eigenvalue weighted by molar-refractivity contribution is 0.304. The van der Waals surface area contributed by atoms with E-state index in [4.69, 9.17) is 9.47 Å². The zero-order chi connectivity index (χ0) is 37.3. The number of ether oxygens (including phenoxy) is 2. The van der Waals surface area contributed by atoms with Gasteiger partial charge in [0.05, 0.1) is 19.1 Å². The van der Waals surface area contributed by atoms with E-state index < -0.39 is 0 Å². The average molecular weight is 724 g/mol. The Balaban J connectivity index is 1.28. The molecule has 2 heteroatoms. The second-order valence-corrected chi connectivity index (χ2v) is 15.7. The van der Waals surface area contributed by atoms with Crippen LogP contribution in [0.3, 0.4) is 0 Å². The van der Waals surface area contributed by atoms with E-state index >= 15 is 0 Å². The molecule has 3 rings (SSSR count). The zero-order valence-electron chi connectivity index (χ0n) is 34.5. The largest absolute Gasteiger partial charge is 0.494 e. The third-order valence-corrected chi connectivity index (χ3v) is 10.9. The Kier molecular flexibility index (Phi) is 26.6. The molecular weight excluding hydrogens is 645 g/mol. The highest BCUT2D eigenvalue weighted by atomic mass is 16.5. The molecule has 0 bridgehead atoms. The normalized spacial score (nSPS) is 11.4. The molecule has 0 saturated carbocycles. The summed E-state index contributed by atoms with van der Waals surface area (Å²) in [6.07, 6.45) is 38.6. The molecule has 3 aromatic carbocycles. The lowest BCUT2D eigenvalue weighted by Crippen LogP contribution is -2.05. The highest BCUT2D eigenvalue weighted by molar-refractivity contribution is 5.58. The van der Waals surface area contributed by atoms with Gasteiger partial charge in [-0.05, 0) is 53.8 Å². The minimum Gasteiger partial charge on any atom is -0.494 e. The summed E-state index contributed by atoms with van der Waals surface area (Å²) in [5.74, 6) is 3.16. The topological polar surface area (TPSA) is 18.5 Å². The highest BCUT2D eigenvalue weighted by Crippen LogP contribution is 2.33.